The van der Waals surface area contributed by atoms with Crippen molar-refractivity contribution in [3.63, 3.8) is 0 Å². The molecule has 0 radical (unpaired) electrons. The Morgan fingerprint density at radius 3 is 3.11 bits per heavy atom. The first kappa shape index (κ1) is 11.7. The fraction of sp³-hybridized carbons (Fsp3) is 0.333. The second-order valence-electron chi connectivity index (χ2n) is 4.40. The summed E-state index contributed by atoms with van der Waals surface area (Å²) >= 11 is 3.37. The van der Waals surface area contributed by atoms with Gasteiger partial charge in [-0.3, -0.25) is 0 Å². The van der Waals surface area contributed by atoms with E-state index in [1.807, 2.05) is 10.6 Å². The first-order valence-electron chi connectivity index (χ1n) is 5.79. The maximum absolute atomic E-state index is 11.2. The van der Waals surface area contributed by atoms with Crippen molar-refractivity contribution in [2.75, 3.05) is 13.1 Å². The number of aromatic nitrogens is 2. The van der Waals surface area contributed by atoms with Gasteiger partial charge in [-0.25, -0.2) is 9.78 Å². The molecule has 2 aromatic rings. The quantitative estimate of drug-likeness (QED) is 0.889. The average Bonchev–Trinajstić information content (AvgIpc) is 2.97. The zero-order chi connectivity index (χ0) is 12.7. The number of rotatable bonds is 2. The third-order valence-corrected chi connectivity index (χ3v) is 3.86. The molecule has 1 aliphatic heterocycles. The number of pyridine rings is 1. The fourth-order valence-electron chi connectivity index (χ4n) is 2.45. The molecule has 1 unspecified atom stereocenters. The predicted molar refractivity (Wildman–Crippen MR) is 70.1 cm³/mol. The van der Waals surface area contributed by atoms with E-state index in [9.17, 15) is 9.90 Å². The molecule has 0 amide bonds. The number of carboxylic acid groups (broad SMARTS) is 1. The highest BCUT2D eigenvalue weighted by molar-refractivity contribution is 9.10. The third kappa shape index (κ3) is 1.72. The largest absolute Gasteiger partial charge is 0.478 e. The van der Waals surface area contributed by atoms with E-state index < -0.39 is 5.97 Å². The Morgan fingerprint density at radius 2 is 2.44 bits per heavy atom. The van der Waals surface area contributed by atoms with Crippen LogP contribution in [0.5, 0.6) is 0 Å². The van der Waals surface area contributed by atoms with Crippen LogP contribution in [0.25, 0.3) is 5.52 Å². The second kappa shape index (κ2) is 4.37. The van der Waals surface area contributed by atoms with Crippen LogP contribution in [0.15, 0.2) is 22.9 Å². The topological polar surface area (TPSA) is 66.6 Å². The molecule has 1 atom stereocenters. The van der Waals surface area contributed by atoms with Crippen LogP contribution in [-0.2, 0) is 0 Å². The van der Waals surface area contributed by atoms with E-state index in [1.54, 1.807) is 12.1 Å². The van der Waals surface area contributed by atoms with Crippen LogP contribution >= 0.6 is 15.9 Å². The highest BCUT2D eigenvalue weighted by atomic mass is 79.9. The lowest BCUT2D eigenvalue weighted by Crippen LogP contribution is -2.10. The summed E-state index contributed by atoms with van der Waals surface area (Å²) in [4.78, 5) is 15.7. The summed E-state index contributed by atoms with van der Waals surface area (Å²) in [5.41, 5.74) is 0.904. The van der Waals surface area contributed by atoms with Gasteiger partial charge in [0, 0.05) is 18.7 Å². The summed E-state index contributed by atoms with van der Waals surface area (Å²) < 4.78 is 2.48. The summed E-state index contributed by atoms with van der Waals surface area (Å²) in [6.45, 7) is 1.87. The van der Waals surface area contributed by atoms with E-state index in [0.29, 0.717) is 16.0 Å². The molecule has 5 nitrogen and oxygen atoms in total. The van der Waals surface area contributed by atoms with Crippen molar-refractivity contribution in [2.45, 2.75) is 12.3 Å². The molecular weight excluding hydrogens is 298 g/mol. The lowest BCUT2D eigenvalue weighted by Gasteiger charge is -2.07. The number of halogens is 1. The number of aromatic carboxylic acids is 1. The van der Waals surface area contributed by atoms with Crippen molar-refractivity contribution in [1.82, 2.24) is 14.7 Å². The molecule has 1 fully saturated rings. The molecule has 1 aliphatic rings. The predicted octanol–water partition coefficient (Wildman–Crippen LogP) is 1.87. The molecule has 2 aromatic heterocycles. The second-order valence-corrected chi connectivity index (χ2v) is 5.15. The molecule has 3 rings (SSSR count). The molecule has 0 spiro atoms. The number of imidazole rings is 1. The van der Waals surface area contributed by atoms with Crippen molar-refractivity contribution in [3.8, 4) is 0 Å². The Morgan fingerprint density at radius 1 is 1.61 bits per heavy atom. The summed E-state index contributed by atoms with van der Waals surface area (Å²) in [5.74, 6) is 0.329. The lowest BCUT2D eigenvalue weighted by atomic mass is 10.1. The molecular formula is C12H12BrN3O2. The lowest BCUT2D eigenvalue weighted by molar-refractivity contribution is 0.0698. The number of hydrogen-bond donors (Lipinski definition) is 2. The molecule has 94 valence electrons. The summed E-state index contributed by atoms with van der Waals surface area (Å²) in [7, 11) is 0. The standard InChI is InChI=1S/C12H12BrN3O2/c13-10-9-8(12(17)18)2-1-5-16(9)11(15-10)7-3-4-14-6-7/h1-2,5,7,14H,3-4,6H2,(H,17,18). The van der Waals surface area contributed by atoms with Gasteiger partial charge in [-0.2, -0.15) is 0 Å². The van der Waals surface area contributed by atoms with Crippen molar-refractivity contribution in [3.05, 3.63) is 34.3 Å². The maximum atomic E-state index is 11.2. The Bertz CT molecular complexity index is 617. The van der Waals surface area contributed by atoms with Gasteiger partial charge in [-0.1, -0.05) is 0 Å². The molecule has 18 heavy (non-hydrogen) atoms. The highest BCUT2D eigenvalue weighted by Gasteiger charge is 2.24. The Balaban J connectivity index is 2.23. The molecule has 3 heterocycles. The normalized spacial score (nSPS) is 19.5. The number of fused-ring (bicyclic) bond motifs is 1. The molecule has 2 N–H and O–H groups in total. The molecule has 0 bridgehead atoms. The van der Waals surface area contributed by atoms with Gasteiger partial charge in [0.2, 0.25) is 0 Å². The molecule has 0 aliphatic carbocycles. The zero-order valence-corrected chi connectivity index (χ0v) is 11.1. The van der Waals surface area contributed by atoms with Gasteiger partial charge in [0.25, 0.3) is 0 Å². The van der Waals surface area contributed by atoms with E-state index in [2.05, 4.69) is 26.2 Å². The smallest absolute Gasteiger partial charge is 0.337 e. The van der Waals surface area contributed by atoms with Crippen molar-refractivity contribution in [1.29, 1.82) is 0 Å². The van der Waals surface area contributed by atoms with Crippen LogP contribution in [0.3, 0.4) is 0 Å². The molecule has 0 saturated carbocycles. The number of carbonyl (C=O) groups is 1. The van der Waals surface area contributed by atoms with E-state index >= 15 is 0 Å². The molecule has 6 heteroatoms. The van der Waals surface area contributed by atoms with Gasteiger partial charge in [0.1, 0.15) is 10.4 Å². The monoisotopic (exact) mass is 309 g/mol. The minimum atomic E-state index is -0.933. The summed E-state index contributed by atoms with van der Waals surface area (Å²) in [5, 5.41) is 12.5. The average molecular weight is 310 g/mol. The van der Waals surface area contributed by atoms with E-state index in [4.69, 9.17) is 0 Å². The minimum Gasteiger partial charge on any atom is -0.478 e. The summed E-state index contributed by atoms with van der Waals surface area (Å²) in [6, 6.07) is 3.34. The van der Waals surface area contributed by atoms with Crippen LogP contribution in [0.4, 0.5) is 0 Å². The van der Waals surface area contributed by atoms with Crippen LogP contribution < -0.4 is 5.32 Å². The van der Waals surface area contributed by atoms with Gasteiger partial charge in [-0.15, -0.1) is 0 Å². The van der Waals surface area contributed by atoms with Crippen LogP contribution in [0.2, 0.25) is 0 Å². The van der Waals surface area contributed by atoms with E-state index in [0.717, 1.165) is 25.3 Å². The van der Waals surface area contributed by atoms with Gasteiger partial charge in [0.15, 0.2) is 0 Å². The van der Waals surface area contributed by atoms with Crippen LogP contribution in [-0.4, -0.2) is 33.6 Å². The summed E-state index contributed by atoms with van der Waals surface area (Å²) in [6.07, 6.45) is 2.90. The van der Waals surface area contributed by atoms with E-state index in [1.165, 1.54) is 0 Å². The van der Waals surface area contributed by atoms with Crippen LogP contribution in [0, 0.1) is 0 Å². The van der Waals surface area contributed by atoms with E-state index in [-0.39, 0.29) is 5.56 Å². The highest BCUT2D eigenvalue weighted by Crippen LogP contribution is 2.29. The maximum Gasteiger partial charge on any atom is 0.337 e. The third-order valence-electron chi connectivity index (χ3n) is 3.30. The van der Waals surface area contributed by atoms with Crippen molar-refractivity contribution in [2.24, 2.45) is 0 Å². The van der Waals surface area contributed by atoms with Gasteiger partial charge >= 0.3 is 5.97 Å². The molecule has 1 saturated heterocycles. The fourth-order valence-corrected chi connectivity index (χ4v) is 3.04. The number of carboxylic acids is 1. The van der Waals surface area contributed by atoms with Gasteiger partial charge < -0.3 is 14.8 Å². The van der Waals surface area contributed by atoms with Gasteiger partial charge in [0.05, 0.1) is 11.1 Å². The number of hydrogen-bond acceptors (Lipinski definition) is 3. The Labute approximate surface area is 112 Å². The minimum absolute atomic E-state index is 0.272. The first-order valence-corrected chi connectivity index (χ1v) is 6.58. The van der Waals surface area contributed by atoms with Crippen molar-refractivity contribution >= 4 is 27.4 Å². The molecule has 0 aromatic carbocycles. The first-order chi connectivity index (χ1) is 8.68. The SMILES string of the molecule is O=C(O)c1cccn2c(C3CCNC3)nc(Br)c12. The Hall–Kier alpha value is -1.40. The van der Waals surface area contributed by atoms with Crippen LogP contribution in [0.1, 0.15) is 28.5 Å². The number of nitrogens with zero attached hydrogens (tertiary/aromatic N) is 2. The number of nitrogens with one attached hydrogen (secondary N) is 1. The van der Waals surface area contributed by atoms with Crippen molar-refractivity contribution < 1.29 is 9.90 Å². The zero-order valence-electron chi connectivity index (χ0n) is 9.56. The van der Waals surface area contributed by atoms with Gasteiger partial charge in [-0.05, 0) is 41.0 Å². The Kier molecular flexibility index (Phi) is 2.83.